The number of carbonyl (C=O) groups is 1. The largest absolute Gasteiger partial charge is 0.353 e. The lowest BCUT2D eigenvalue weighted by Crippen LogP contribution is -2.37. The molecule has 0 bridgehead atoms. The topological polar surface area (TPSA) is 41.1 Å². The van der Waals surface area contributed by atoms with Crippen LogP contribution in [0.3, 0.4) is 0 Å². The van der Waals surface area contributed by atoms with Crippen molar-refractivity contribution in [2.75, 3.05) is 6.54 Å². The molecule has 1 amide bonds. The summed E-state index contributed by atoms with van der Waals surface area (Å²) in [6, 6.07) is 0.953. The van der Waals surface area contributed by atoms with Crippen LogP contribution in [0.2, 0.25) is 0 Å². The summed E-state index contributed by atoms with van der Waals surface area (Å²) in [5, 5.41) is 6.49. The molecule has 17 heavy (non-hydrogen) atoms. The average Bonchev–Trinajstić information content (AvgIpc) is 2.27. The van der Waals surface area contributed by atoms with E-state index in [0.29, 0.717) is 18.5 Å². The van der Waals surface area contributed by atoms with Crippen molar-refractivity contribution >= 4 is 5.91 Å². The molecule has 100 valence electrons. The second kappa shape index (κ2) is 7.70. The van der Waals surface area contributed by atoms with Gasteiger partial charge >= 0.3 is 0 Å². The lowest BCUT2D eigenvalue weighted by molar-refractivity contribution is -0.122. The Balaban J connectivity index is 2.04. The first-order chi connectivity index (χ1) is 8.08. The van der Waals surface area contributed by atoms with E-state index in [9.17, 15) is 4.79 Å². The summed E-state index contributed by atoms with van der Waals surface area (Å²) in [5.41, 5.74) is 0. The summed E-state index contributed by atoms with van der Waals surface area (Å²) in [5.74, 6) is 1.08. The maximum Gasteiger partial charge on any atom is 0.220 e. The zero-order valence-corrected chi connectivity index (χ0v) is 11.6. The van der Waals surface area contributed by atoms with E-state index in [1.807, 2.05) is 0 Å². The van der Waals surface area contributed by atoms with E-state index in [4.69, 9.17) is 0 Å². The Morgan fingerprint density at radius 1 is 1.24 bits per heavy atom. The van der Waals surface area contributed by atoms with Gasteiger partial charge in [-0.05, 0) is 44.6 Å². The first-order valence-corrected chi connectivity index (χ1v) is 7.10. The van der Waals surface area contributed by atoms with Gasteiger partial charge in [-0.15, -0.1) is 0 Å². The molecule has 3 nitrogen and oxygen atoms in total. The molecule has 0 spiro atoms. The summed E-state index contributed by atoms with van der Waals surface area (Å²) < 4.78 is 0. The molecule has 1 aliphatic carbocycles. The highest BCUT2D eigenvalue weighted by molar-refractivity contribution is 5.76. The van der Waals surface area contributed by atoms with Crippen LogP contribution in [0, 0.1) is 5.92 Å². The fraction of sp³-hybridized carbons (Fsp3) is 0.929. The van der Waals surface area contributed by atoms with Gasteiger partial charge in [0, 0.05) is 18.5 Å². The first-order valence-electron chi connectivity index (χ1n) is 7.10. The molecule has 0 atom stereocenters. The molecular weight excluding hydrogens is 212 g/mol. The lowest BCUT2D eigenvalue weighted by Gasteiger charge is -2.26. The highest BCUT2D eigenvalue weighted by atomic mass is 16.1. The second-order valence-corrected chi connectivity index (χ2v) is 5.74. The van der Waals surface area contributed by atoms with Gasteiger partial charge in [-0.25, -0.2) is 0 Å². The third-order valence-corrected chi connectivity index (χ3v) is 3.51. The quantitative estimate of drug-likeness (QED) is 0.700. The van der Waals surface area contributed by atoms with Gasteiger partial charge < -0.3 is 10.6 Å². The summed E-state index contributed by atoms with van der Waals surface area (Å²) in [6.07, 6.45) is 6.45. The van der Waals surface area contributed by atoms with Gasteiger partial charge in [-0.2, -0.15) is 0 Å². The molecule has 0 heterocycles. The van der Waals surface area contributed by atoms with Crippen molar-refractivity contribution in [3.05, 3.63) is 0 Å². The molecule has 1 rings (SSSR count). The molecule has 1 saturated carbocycles. The van der Waals surface area contributed by atoms with E-state index in [2.05, 4.69) is 31.4 Å². The van der Waals surface area contributed by atoms with Crippen LogP contribution in [0.5, 0.6) is 0 Å². The Labute approximate surface area is 106 Å². The van der Waals surface area contributed by atoms with Crippen LogP contribution in [0.4, 0.5) is 0 Å². The molecular formula is C14H28N2O. The van der Waals surface area contributed by atoms with Crippen molar-refractivity contribution in [1.82, 2.24) is 10.6 Å². The maximum atomic E-state index is 11.7. The van der Waals surface area contributed by atoms with Gasteiger partial charge in [-0.1, -0.05) is 20.8 Å². The Morgan fingerprint density at radius 2 is 1.88 bits per heavy atom. The van der Waals surface area contributed by atoms with Crippen LogP contribution in [0.15, 0.2) is 0 Å². The van der Waals surface area contributed by atoms with E-state index >= 15 is 0 Å². The number of carbonyl (C=O) groups excluding carboxylic acids is 1. The van der Waals surface area contributed by atoms with Crippen molar-refractivity contribution in [2.45, 2.75) is 71.4 Å². The minimum atomic E-state index is 0.232. The zero-order chi connectivity index (χ0) is 12.7. The van der Waals surface area contributed by atoms with Crippen LogP contribution in [-0.2, 0) is 4.79 Å². The summed E-state index contributed by atoms with van der Waals surface area (Å²) in [6.45, 7) is 7.49. The maximum absolute atomic E-state index is 11.7. The first kappa shape index (κ1) is 14.5. The van der Waals surface area contributed by atoms with Gasteiger partial charge in [0.15, 0.2) is 0 Å². The Hall–Kier alpha value is -0.570. The number of rotatable bonds is 6. The molecule has 0 aromatic carbocycles. The molecule has 0 saturated heterocycles. The predicted molar refractivity (Wildman–Crippen MR) is 71.9 cm³/mol. The minimum absolute atomic E-state index is 0.232. The van der Waals surface area contributed by atoms with E-state index in [1.54, 1.807) is 0 Å². The summed E-state index contributed by atoms with van der Waals surface area (Å²) in [4.78, 5) is 11.7. The van der Waals surface area contributed by atoms with Crippen LogP contribution in [0.25, 0.3) is 0 Å². The normalized spacial score (nSPS) is 24.9. The van der Waals surface area contributed by atoms with Gasteiger partial charge in [0.2, 0.25) is 5.91 Å². The molecule has 0 unspecified atom stereocenters. The number of nitrogens with one attached hydrogen (secondary N) is 2. The fourth-order valence-electron chi connectivity index (χ4n) is 2.34. The molecule has 1 fully saturated rings. The Kier molecular flexibility index (Phi) is 6.56. The van der Waals surface area contributed by atoms with Gasteiger partial charge in [0.05, 0.1) is 0 Å². The molecule has 2 N–H and O–H groups in total. The molecule has 1 aliphatic rings. The van der Waals surface area contributed by atoms with Crippen LogP contribution in [0.1, 0.15) is 59.3 Å². The van der Waals surface area contributed by atoms with E-state index in [1.165, 1.54) is 12.8 Å². The van der Waals surface area contributed by atoms with Crippen molar-refractivity contribution in [3.8, 4) is 0 Å². The highest BCUT2D eigenvalue weighted by Crippen LogP contribution is 2.23. The Bertz CT molecular complexity index is 220. The minimum Gasteiger partial charge on any atom is -0.353 e. The third kappa shape index (κ3) is 6.67. The van der Waals surface area contributed by atoms with Crippen LogP contribution in [-0.4, -0.2) is 24.5 Å². The fourth-order valence-corrected chi connectivity index (χ4v) is 2.34. The SMILES string of the molecule is CC1CCC(NC(=O)CCCNC(C)C)CC1. The van der Waals surface area contributed by atoms with Crippen LogP contribution >= 0.6 is 0 Å². The molecule has 3 heteroatoms. The van der Waals surface area contributed by atoms with E-state index < -0.39 is 0 Å². The van der Waals surface area contributed by atoms with E-state index in [-0.39, 0.29) is 5.91 Å². The summed E-state index contributed by atoms with van der Waals surface area (Å²) in [7, 11) is 0. The van der Waals surface area contributed by atoms with Crippen molar-refractivity contribution in [1.29, 1.82) is 0 Å². The van der Waals surface area contributed by atoms with Crippen molar-refractivity contribution < 1.29 is 4.79 Å². The van der Waals surface area contributed by atoms with Crippen molar-refractivity contribution in [2.24, 2.45) is 5.92 Å². The lowest BCUT2D eigenvalue weighted by atomic mass is 9.87. The molecule has 0 aliphatic heterocycles. The predicted octanol–water partition coefficient (Wildman–Crippen LogP) is 2.46. The average molecular weight is 240 g/mol. The van der Waals surface area contributed by atoms with Crippen LogP contribution < -0.4 is 10.6 Å². The number of hydrogen-bond donors (Lipinski definition) is 2. The number of hydrogen-bond acceptors (Lipinski definition) is 2. The monoisotopic (exact) mass is 240 g/mol. The molecule has 0 radical (unpaired) electrons. The second-order valence-electron chi connectivity index (χ2n) is 5.74. The molecule has 0 aromatic rings. The van der Waals surface area contributed by atoms with Crippen molar-refractivity contribution in [3.63, 3.8) is 0 Å². The third-order valence-electron chi connectivity index (χ3n) is 3.51. The highest BCUT2D eigenvalue weighted by Gasteiger charge is 2.19. The smallest absolute Gasteiger partial charge is 0.220 e. The summed E-state index contributed by atoms with van der Waals surface area (Å²) >= 11 is 0. The number of amides is 1. The van der Waals surface area contributed by atoms with E-state index in [0.717, 1.165) is 31.7 Å². The zero-order valence-electron chi connectivity index (χ0n) is 11.6. The van der Waals surface area contributed by atoms with Gasteiger partial charge in [0.1, 0.15) is 0 Å². The standard InChI is InChI=1S/C14H28N2O/c1-11(2)15-10-4-5-14(17)16-13-8-6-12(3)7-9-13/h11-13,15H,4-10H2,1-3H3,(H,16,17). The Morgan fingerprint density at radius 3 is 2.47 bits per heavy atom. The van der Waals surface area contributed by atoms with Gasteiger partial charge in [-0.3, -0.25) is 4.79 Å². The molecule has 0 aromatic heterocycles. The van der Waals surface area contributed by atoms with Gasteiger partial charge in [0.25, 0.3) is 0 Å².